The van der Waals surface area contributed by atoms with Crippen molar-refractivity contribution in [3.05, 3.63) is 53.9 Å². The molecule has 0 atom stereocenters. The number of carbonyl (C=O) groups is 1. The van der Waals surface area contributed by atoms with E-state index in [1.54, 1.807) is 6.07 Å². The fourth-order valence-corrected chi connectivity index (χ4v) is 1.86. The first-order valence-corrected chi connectivity index (χ1v) is 5.96. The van der Waals surface area contributed by atoms with Gasteiger partial charge in [0.25, 0.3) is 0 Å². The first-order chi connectivity index (χ1) is 10.1. The van der Waals surface area contributed by atoms with Gasteiger partial charge >= 0.3 is 5.97 Å². The number of rotatable bonds is 4. The number of halogens is 1. The summed E-state index contributed by atoms with van der Waals surface area (Å²) in [5.74, 6) is -1.69. The first kappa shape index (κ1) is 13.0. The normalized spacial score (nSPS) is 10.7. The summed E-state index contributed by atoms with van der Waals surface area (Å²) in [6.45, 7) is -0.0911. The molecule has 0 unspecified atom stereocenters. The average molecular weight is 288 g/mol. The van der Waals surface area contributed by atoms with Crippen molar-refractivity contribution in [2.75, 3.05) is 0 Å². The molecule has 0 aliphatic heterocycles. The van der Waals surface area contributed by atoms with Crippen molar-refractivity contribution in [2.24, 2.45) is 0 Å². The van der Waals surface area contributed by atoms with Crippen LogP contribution < -0.4 is 0 Å². The van der Waals surface area contributed by atoms with E-state index in [1.807, 2.05) is 0 Å². The quantitative estimate of drug-likeness (QED) is 0.787. The largest absolute Gasteiger partial charge is 0.477 e. The second kappa shape index (κ2) is 5.16. The van der Waals surface area contributed by atoms with E-state index >= 15 is 0 Å². The van der Waals surface area contributed by atoms with Gasteiger partial charge in [0.1, 0.15) is 29.2 Å². The Hall–Kier alpha value is -3.03. The Morgan fingerprint density at radius 2 is 2.24 bits per heavy atom. The molecule has 0 aromatic carbocycles. The Balaban J connectivity index is 2.01. The Morgan fingerprint density at radius 3 is 2.90 bits per heavy atom. The highest BCUT2D eigenvalue weighted by Crippen LogP contribution is 2.18. The van der Waals surface area contributed by atoms with Crippen LogP contribution in [0.3, 0.4) is 0 Å². The second-order valence-electron chi connectivity index (χ2n) is 4.19. The molecule has 1 N–H and O–H groups in total. The van der Waals surface area contributed by atoms with Crippen LogP contribution in [0.5, 0.6) is 0 Å². The van der Waals surface area contributed by atoms with Gasteiger partial charge < -0.3 is 9.63 Å². The molecule has 106 valence electrons. The maximum Gasteiger partial charge on any atom is 0.354 e. The highest BCUT2D eigenvalue weighted by Gasteiger charge is 2.18. The van der Waals surface area contributed by atoms with Crippen molar-refractivity contribution in [3.8, 4) is 11.4 Å². The topological polar surface area (TPSA) is 94.0 Å². The van der Waals surface area contributed by atoms with Gasteiger partial charge in [-0.05, 0) is 12.1 Å². The molecule has 0 aliphatic carbocycles. The van der Waals surface area contributed by atoms with Crippen molar-refractivity contribution >= 4 is 5.97 Å². The predicted molar refractivity (Wildman–Crippen MR) is 68.0 cm³/mol. The molecule has 3 aromatic rings. The summed E-state index contributed by atoms with van der Waals surface area (Å²) in [7, 11) is 0. The van der Waals surface area contributed by atoms with E-state index in [4.69, 9.17) is 4.52 Å². The zero-order chi connectivity index (χ0) is 14.8. The van der Waals surface area contributed by atoms with Gasteiger partial charge in [-0.1, -0.05) is 5.16 Å². The number of aromatic carboxylic acids is 1. The third kappa shape index (κ3) is 2.50. The SMILES string of the molecule is O=C(O)c1cc(-c2ccon2)nn1Cc1ncccc1F. The van der Waals surface area contributed by atoms with E-state index in [9.17, 15) is 14.3 Å². The van der Waals surface area contributed by atoms with Gasteiger partial charge in [0.05, 0.1) is 12.2 Å². The van der Waals surface area contributed by atoms with Gasteiger partial charge in [-0.2, -0.15) is 5.10 Å². The Bertz CT molecular complexity index is 783. The van der Waals surface area contributed by atoms with Crippen LogP contribution in [0.2, 0.25) is 0 Å². The number of hydrogen-bond acceptors (Lipinski definition) is 5. The van der Waals surface area contributed by atoms with Crippen LogP contribution in [0, 0.1) is 5.82 Å². The number of nitrogens with zero attached hydrogens (tertiary/aromatic N) is 4. The van der Waals surface area contributed by atoms with Crippen molar-refractivity contribution in [1.82, 2.24) is 19.9 Å². The minimum absolute atomic E-state index is 0.0851. The monoisotopic (exact) mass is 288 g/mol. The third-order valence-electron chi connectivity index (χ3n) is 2.83. The highest BCUT2D eigenvalue weighted by molar-refractivity contribution is 5.87. The lowest BCUT2D eigenvalue weighted by Gasteiger charge is -2.04. The smallest absolute Gasteiger partial charge is 0.354 e. The lowest BCUT2D eigenvalue weighted by molar-refractivity contribution is 0.0684. The van der Waals surface area contributed by atoms with Gasteiger partial charge in [-0.15, -0.1) is 0 Å². The zero-order valence-corrected chi connectivity index (χ0v) is 10.6. The maximum atomic E-state index is 13.6. The fraction of sp³-hybridized carbons (Fsp3) is 0.0769. The van der Waals surface area contributed by atoms with Gasteiger partial charge in [0.15, 0.2) is 0 Å². The van der Waals surface area contributed by atoms with Crippen LogP contribution in [0.1, 0.15) is 16.2 Å². The molecule has 3 rings (SSSR count). The molecule has 0 amide bonds. The van der Waals surface area contributed by atoms with Gasteiger partial charge in [-0.25, -0.2) is 9.18 Å². The molecule has 0 aliphatic rings. The molecule has 0 saturated heterocycles. The number of hydrogen-bond donors (Lipinski definition) is 1. The van der Waals surface area contributed by atoms with Crippen LogP contribution in [0.25, 0.3) is 11.4 Å². The van der Waals surface area contributed by atoms with E-state index in [1.165, 1.54) is 30.7 Å². The Kier molecular flexibility index (Phi) is 3.19. The number of aromatic nitrogens is 4. The van der Waals surface area contributed by atoms with E-state index in [-0.39, 0.29) is 17.9 Å². The Labute approximate surface area is 117 Å². The number of carboxylic acids is 1. The summed E-state index contributed by atoms with van der Waals surface area (Å²) >= 11 is 0. The van der Waals surface area contributed by atoms with E-state index < -0.39 is 11.8 Å². The highest BCUT2D eigenvalue weighted by atomic mass is 19.1. The molecule has 0 fully saturated rings. The molecule has 0 bridgehead atoms. The molecule has 0 spiro atoms. The van der Waals surface area contributed by atoms with E-state index in [0.29, 0.717) is 11.4 Å². The molecule has 0 saturated carbocycles. The first-order valence-electron chi connectivity index (χ1n) is 5.96. The van der Waals surface area contributed by atoms with Crippen molar-refractivity contribution in [1.29, 1.82) is 0 Å². The average Bonchev–Trinajstić information content (AvgIpc) is 3.10. The lowest BCUT2D eigenvalue weighted by atomic mass is 10.3. The summed E-state index contributed by atoms with van der Waals surface area (Å²) in [4.78, 5) is 15.1. The second-order valence-corrected chi connectivity index (χ2v) is 4.19. The van der Waals surface area contributed by atoms with E-state index in [2.05, 4.69) is 15.2 Å². The number of carboxylic acid groups (broad SMARTS) is 1. The summed E-state index contributed by atoms with van der Waals surface area (Å²) in [6.07, 6.45) is 2.79. The molecule has 21 heavy (non-hydrogen) atoms. The minimum Gasteiger partial charge on any atom is -0.477 e. The third-order valence-corrected chi connectivity index (χ3v) is 2.83. The van der Waals surface area contributed by atoms with Crippen LogP contribution in [0.15, 0.2) is 41.2 Å². The molecular formula is C13H9FN4O3. The summed E-state index contributed by atoms with van der Waals surface area (Å²) in [6, 6.07) is 5.62. The van der Waals surface area contributed by atoms with Crippen molar-refractivity contribution in [2.45, 2.75) is 6.54 Å². The minimum atomic E-state index is -1.17. The summed E-state index contributed by atoms with van der Waals surface area (Å²) < 4.78 is 19.5. The maximum absolute atomic E-state index is 13.6. The van der Waals surface area contributed by atoms with Crippen LogP contribution in [0.4, 0.5) is 4.39 Å². The molecule has 3 heterocycles. The van der Waals surface area contributed by atoms with Crippen molar-refractivity contribution < 1.29 is 18.8 Å². The van der Waals surface area contributed by atoms with Gasteiger partial charge in [0, 0.05) is 18.3 Å². The van der Waals surface area contributed by atoms with Gasteiger partial charge in [-0.3, -0.25) is 9.67 Å². The fourth-order valence-electron chi connectivity index (χ4n) is 1.86. The molecule has 0 radical (unpaired) electrons. The van der Waals surface area contributed by atoms with Crippen LogP contribution in [-0.2, 0) is 6.54 Å². The van der Waals surface area contributed by atoms with Crippen LogP contribution >= 0.6 is 0 Å². The zero-order valence-electron chi connectivity index (χ0n) is 10.6. The predicted octanol–water partition coefficient (Wildman–Crippen LogP) is 1.82. The number of pyridine rings is 1. The Morgan fingerprint density at radius 1 is 1.38 bits per heavy atom. The van der Waals surface area contributed by atoms with Gasteiger partial charge in [0.2, 0.25) is 0 Å². The lowest BCUT2D eigenvalue weighted by Crippen LogP contribution is -2.12. The molecule has 7 nitrogen and oxygen atoms in total. The van der Waals surface area contributed by atoms with Crippen LogP contribution in [-0.4, -0.2) is 31.0 Å². The molecule has 3 aromatic heterocycles. The standard InChI is InChI=1S/C13H9FN4O3/c14-8-2-1-4-15-11(8)7-18-12(13(19)20)6-10(16-18)9-3-5-21-17-9/h1-6H,7H2,(H,19,20). The molecular weight excluding hydrogens is 279 g/mol. The molecule has 8 heteroatoms. The summed E-state index contributed by atoms with van der Waals surface area (Å²) in [5, 5.41) is 17.0. The van der Waals surface area contributed by atoms with E-state index in [0.717, 1.165) is 4.68 Å². The van der Waals surface area contributed by atoms with Crippen molar-refractivity contribution in [3.63, 3.8) is 0 Å². The summed E-state index contributed by atoms with van der Waals surface area (Å²) in [5.41, 5.74) is 0.753.